The van der Waals surface area contributed by atoms with Crippen LogP contribution in [0.2, 0.25) is 0 Å². The fraction of sp³-hybridized carbons (Fsp3) is 0.636. The minimum atomic E-state index is -0.501. The fourth-order valence-corrected chi connectivity index (χ4v) is 4.01. The Morgan fingerprint density at radius 2 is 2.44 bits per heavy atom. The first-order valence-electron chi connectivity index (χ1n) is 5.76. The van der Waals surface area contributed by atoms with Crippen molar-refractivity contribution in [2.24, 2.45) is 0 Å². The number of H-pyrrole nitrogens is 1. The van der Waals surface area contributed by atoms with Crippen LogP contribution in [0.25, 0.3) is 0 Å². The van der Waals surface area contributed by atoms with Crippen molar-refractivity contribution >= 4 is 11.8 Å². The molecule has 2 aliphatic rings. The summed E-state index contributed by atoms with van der Waals surface area (Å²) in [6, 6.07) is -0.126. The second-order valence-electron chi connectivity index (χ2n) is 4.81. The van der Waals surface area contributed by atoms with E-state index in [1.807, 2.05) is 0 Å². The minimum Gasteiger partial charge on any atom is -0.393 e. The number of ether oxygens (including phenoxy) is 1. The summed E-state index contributed by atoms with van der Waals surface area (Å²) in [5.41, 5.74) is -0.774. The Morgan fingerprint density at radius 3 is 3.00 bits per heavy atom. The van der Waals surface area contributed by atoms with Crippen molar-refractivity contribution in [1.82, 2.24) is 9.55 Å². The molecule has 0 saturated carbocycles. The zero-order chi connectivity index (χ0) is 12.9. The standard InChI is InChI=1S/C11H14N2O4S/c1-6-2-13(10(16)12-9(6)15)7-3-17-11(4-14)5-18-8(7)11/h2,7-8,14H,3-5H2,1H3,(H,12,15,16)/t7-,8+,11+/m1/s1. The predicted octanol–water partition coefficient (Wildman–Crippen LogP) is -0.737. The number of rotatable bonds is 2. The second-order valence-corrected chi connectivity index (χ2v) is 5.94. The Balaban J connectivity index is 2.00. The van der Waals surface area contributed by atoms with E-state index in [4.69, 9.17) is 4.74 Å². The van der Waals surface area contributed by atoms with E-state index in [2.05, 4.69) is 4.98 Å². The molecule has 0 radical (unpaired) electrons. The summed E-state index contributed by atoms with van der Waals surface area (Å²) in [6.07, 6.45) is 1.57. The molecule has 2 fully saturated rings. The van der Waals surface area contributed by atoms with Crippen LogP contribution in [0.4, 0.5) is 0 Å². The first-order valence-corrected chi connectivity index (χ1v) is 6.81. The van der Waals surface area contributed by atoms with Crippen LogP contribution in [0.1, 0.15) is 11.6 Å². The van der Waals surface area contributed by atoms with Crippen molar-refractivity contribution in [3.05, 3.63) is 32.6 Å². The molecule has 2 saturated heterocycles. The Morgan fingerprint density at radius 1 is 1.67 bits per heavy atom. The van der Waals surface area contributed by atoms with Crippen LogP contribution >= 0.6 is 11.8 Å². The Labute approximate surface area is 107 Å². The molecule has 1 aromatic rings. The molecule has 2 N–H and O–H groups in total. The topological polar surface area (TPSA) is 84.3 Å². The highest BCUT2D eigenvalue weighted by molar-refractivity contribution is 8.01. The van der Waals surface area contributed by atoms with E-state index < -0.39 is 11.3 Å². The summed E-state index contributed by atoms with van der Waals surface area (Å²) in [5, 5.41) is 9.47. The van der Waals surface area contributed by atoms with Crippen molar-refractivity contribution < 1.29 is 9.84 Å². The molecule has 3 atom stereocenters. The average Bonchev–Trinajstić information content (AvgIpc) is 2.56. The molecule has 0 unspecified atom stereocenters. The number of nitrogens with one attached hydrogen (secondary N) is 1. The molecule has 1 aromatic heterocycles. The summed E-state index contributed by atoms with van der Waals surface area (Å²) in [4.78, 5) is 25.5. The van der Waals surface area contributed by atoms with Gasteiger partial charge in [-0.3, -0.25) is 14.3 Å². The number of aromatic nitrogens is 2. The lowest BCUT2D eigenvalue weighted by Gasteiger charge is -2.42. The number of nitrogens with zero attached hydrogens (tertiary/aromatic N) is 1. The van der Waals surface area contributed by atoms with E-state index in [1.54, 1.807) is 24.9 Å². The lowest BCUT2D eigenvalue weighted by atomic mass is 9.99. The van der Waals surface area contributed by atoms with Gasteiger partial charge in [-0.25, -0.2) is 4.79 Å². The molecule has 98 valence electrons. The number of aromatic amines is 1. The van der Waals surface area contributed by atoms with Gasteiger partial charge in [-0.1, -0.05) is 0 Å². The molecule has 0 spiro atoms. The number of aryl methyl sites for hydroxylation is 1. The van der Waals surface area contributed by atoms with Crippen molar-refractivity contribution in [2.45, 2.75) is 23.8 Å². The van der Waals surface area contributed by atoms with Crippen LogP contribution in [0.15, 0.2) is 15.8 Å². The largest absolute Gasteiger partial charge is 0.393 e. The molecule has 2 aliphatic heterocycles. The lowest BCUT2D eigenvalue weighted by Crippen LogP contribution is -2.54. The molecular weight excluding hydrogens is 256 g/mol. The molecule has 7 heteroatoms. The molecule has 0 aromatic carbocycles. The van der Waals surface area contributed by atoms with Crippen LogP contribution in [-0.2, 0) is 4.74 Å². The second kappa shape index (κ2) is 3.97. The minimum absolute atomic E-state index is 0.0295. The summed E-state index contributed by atoms with van der Waals surface area (Å²) >= 11 is 1.68. The molecule has 6 nitrogen and oxygen atoms in total. The summed E-state index contributed by atoms with van der Waals surface area (Å²) in [6.45, 7) is 2.03. The van der Waals surface area contributed by atoms with Gasteiger partial charge in [0.15, 0.2) is 0 Å². The third-order valence-electron chi connectivity index (χ3n) is 3.69. The molecular formula is C11H14N2O4S. The molecule has 3 rings (SSSR count). The zero-order valence-corrected chi connectivity index (χ0v) is 10.7. The third kappa shape index (κ3) is 1.51. The first-order chi connectivity index (χ1) is 8.57. The average molecular weight is 270 g/mol. The van der Waals surface area contributed by atoms with E-state index in [0.29, 0.717) is 12.2 Å². The highest BCUT2D eigenvalue weighted by atomic mass is 32.2. The van der Waals surface area contributed by atoms with E-state index in [-0.39, 0.29) is 23.5 Å². The van der Waals surface area contributed by atoms with E-state index in [1.165, 1.54) is 4.57 Å². The smallest absolute Gasteiger partial charge is 0.328 e. The highest BCUT2D eigenvalue weighted by Gasteiger charge is 2.57. The van der Waals surface area contributed by atoms with Crippen molar-refractivity contribution in [3.8, 4) is 0 Å². The maximum absolute atomic E-state index is 11.8. The number of aliphatic hydroxyl groups is 1. The fourth-order valence-electron chi connectivity index (χ4n) is 2.53. The quantitative estimate of drug-likeness (QED) is 0.739. The van der Waals surface area contributed by atoms with Crippen molar-refractivity contribution in [2.75, 3.05) is 19.0 Å². The van der Waals surface area contributed by atoms with Crippen LogP contribution in [0.3, 0.4) is 0 Å². The van der Waals surface area contributed by atoms with Crippen molar-refractivity contribution in [1.29, 1.82) is 0 Å². The van der Waals surface area contributed by atoms with Gasteiger partial charge >= 0.3 is 5.69 Å². The van der Waals surface area contributed by atoms with Crippen molar-refractivity contribution in [3.63, 3.8) is 0 Å². The predicted molar refractivity (Wildman–Crippen MR) is 67.1 cm³/mol. The van der Waals surface area contributed by atoms with E-state index in [0.717, 1.165) is 5.75 Å². The maximum Gasteiger partial charge on any atom is 0.328 e. The van der Waals surface area contributed by atoms with Gasteiger partial charge in [-0.2, -0.15) is 11.8 Å². The zero-order valence-electron chi connectivity index (χ0n) is 9.88. The molecule has 3 heterocycles. The van der Waals surface area contributed by atoms with Crippen LogP contribution < -0.4 is 11.2 Å². The highest BCUT2D eigenvalue weighted by Crippen LogP contribution is 2.51. The van der Waals surface area contributed by atoms with Gasteiger partial charge in [-0.05, 0) is 6.92 Å². The Bertz CT molecular complexity index is 591. The molecule has 0 amide bonds. The SMILES string of the molecule is Cc1cn([C@@H]2CO[C@@]3(CO)CS[C@@H]23)c(=O)[nH]c1=O. The number of hydrogen-bond acceptors (Lipinski definition) is 5. The number of fused-ring (bicyclic) bond motifs is 1. The monoisotopic (exact) mass is 270 g/mol. The Hall–Kier alpha value is -1.05. The molecule has 18 heavy (non-hydrogen) atoms. The van der Waals surface area contributed by atoms with E-state index >= 15 is 0 Å². The normalized spacial score (nSPS) is 34.1. The van der Waals surface area contributed by atoms with E-state index in [9.17, 15) is 14.7 Å². The van der Waals surface area contributed by atoms with Gasteiger partial charge < -0.3 is 9.84 Å². The third-order valence-corrected chi connectivity index (χ3v) is 5.45. The van der Waals surface area contributed by atoms with Gasteiger partial charge in [0, 0.05) is 17.5 Å². The molecule has 0 aliphatic carbocycles. The molecule has 0 bridgehead atoms. The summed E-state index contributed by atoms with van der Waals surface area (Å²) in [7, 11) is 0. The number of thioether (sulfide) groups is 1. The van der Waals surface area contributed by atoms with Gasteiger partial charge in [0.2, 0.25) is 0 Å². The van der Waals surface area contributed by atoms with Gasteiger partial charge in [0.1, 0.15) is 5.60 Å². The summed E-state index contributed by atoms with van der Waals surface area (Å²) < 4.78 is 7.18. The number of aliphatic hydroxyl groups excluding tert-OH is 1. The van der Waals surface area contributed by atoms with Gasteiger partial charge in [0.25, 0.3) is 5.56 Å². The van der Waals surface area contributed by atoms with Gasteiger partial charge in [0.05, 0.1) is 24.5 Å². The van der Waals surface area contributed by atoms with Crippen LogP contribution in [0.5, 0.6) is 0 Å². The maximum atomic E-state index is 11.8. The first kappa shape index (κ1) is 12.0. The summed E-state index contributed by atoms with van der Waals surface area (Å²) in [5.74, 6) is 0.752. The lowest BCUT2D eigenvalue weighted by molar-refractivity contribution is -0.0256. The Kier molecular flexibility index (Phi) is 2.65. The van der Waals surface area contributed by atoms with Crippen LogP contribution in [-0.4, -0.2) is 44.5 Å². The van der Waals surface area contributed by atoms with Crippen LogP contribution in [0, 0.1) is 6.92 Å². The number of hydrogen-bond donors (Lipinski definition) is 2. The van der Waals surface area contributed by atoms with Gasteiger partial charge in [-0.15, -0.1) is 0 Å².